The molecule has 2 aromatic rings. The molecule has 1 atom stereocenters. The number of imide groups is 1. The van der Waals surface area contributed by atoms with Crippen LogP contribution in [0.3, 0.4) is 0 Å². The molecule has 168 valence electrons. The highest BCUT2D eigenvalue weighted by Gasteiger charge is 2.48. The van der Waals surface area contributed by atoms with E-state index in [-0.39, 0.29) is 24.1 Å². The van der Waals surface area contributed by atoms with Gasteiger partial charge in [0.1, 0.15) is 12.1 Å². The van der Waals surface area contributed by atoms with Gasteiger partial charge in [0.25, 0.3) is 11.8 Å². The zero-order valence-electron chi connectivity index (χ0n) is 18.0. The standard InChI is InChI=1S/C23H26N4O5/c1-23(10-9-17-6-3-2-4-7-17)21(30)27(22(31)24-23)16-19(28)25-11-13-26(14-12-25)20(29)18-8-5-15-32-18/h2-8,15H,9-14,16H2,1H3,(H,24,31). The molecule has 1 N–H and O–H groups in total. The highest BCUT2D eigenvalue weighted by atomic mass is 16.3. The SMILES string of the molecule is CC1(CCc2ccccc2)NC(=O)N(CC(=O)N2CCN(C(=O)c3ccco3)CC2)C1=O. The Hall–Kier alpha value is -3.62. The van der Waals surface area contributed by atoms with Crippen LogP contribution in [0.15, 0.2) is 53.1 Å². The molecule has 1 aromatic carbocycles. The zero-order valence-corrected chi connectivity index (χ0v) is 18.0. The second kappa shape index (κ2) is 8.86. The van der Waals surface area contributed by atoms with Gasteiger partial charge < -0.3 is 19.5 Å². The van der Waals surface area contributed by atoms with Crippen LogP contribution in [0.5, 0.6) is 0 Å². The lowest BCUT2D eigenvalue weighted by Gasteiger charge is -2.34. The molecule has 0 aliphatic carbocycles. The molecule has 2 saturated heterocycles. The molecule has 0 bridgehead atoms. The van der Waals surface area contributed by atoms with Crippen LogP contribution in [0.2, 0.25) is 0 Å². The Balaban J connectivity index is 1.31. The number of piperazine rings is 1. The molecule has 5 amide bonds. The molecule has 2 aliphatic heterocycles. The Labute approximate surface area is 185 Å². The van der Waals surface area contributed by atoms with E-state index in [1.807, 2.05) is 30.3 Å². The third-order valence-corrected chi connectivity index (χ3v) is 6.05. The molecular formula is C23H26N4O5. The zero-order chi connectivity index (χ0) is 22.7. The molecule has 9 heteroatoms. The van der Waals surface area contributed by atoms with E-state index in [0.717, 1.165) is 10.5 Å². The number of urea groups is 1. The molecule has 1 aromatic heterocycles. The van der Waals surface area contributed by atoms with Crippen molar-refractivity contribution < 1.29 is 23.6 Å². The summed E-state index contributed by atoms with van der Waals surface area (Å²) >= 11 is 0. The van der Waals surface area contributed by atoms with Crippen LogP contribution in [0, 0.1) is 0 Å². The van der Waals surface area contributed by atoms with Gasteiger partial charge in [0.2, 0.25) is 5.91 Å². The lowest BCUT2D eigenvalue weighted by atomic mass is 9.93. The third-order valence-electron chi connectivity index (χ3n) is 6.05. The monoisotopic (exact) mass is 438 g/mol. The number of hydrogen-bond donors (Lipinski definition) is 1. The lowest BCUT2D eigenvalue weighted by Crippen LogP contribution is -2.53. The average molecular weight is 438 g/mol. The fourth-order valence-corrected chi connectivity index (χ4v) is 4.05. The summed E-state index contributed by atoms with van der Waals surface area (Å²) in [6, 6.07) is 12.4. The van der Waals surface area contributed by atoms with Crippen molar-refractivity contribution >= 4 is 23.8 Å². The summed E-state index contributed by atoms with van der Waals surface area (Å²) in [5.74, 6) is -0.659. The second-order valence-corrected chi connectivity index (χ2v) is 8.29. The number of carbonyl (C=O) groups is 4. The van der Waals surface area contributed by atoms with E-state index in [9.17, 15) is 19.2 Å². The van der Waals surface area contributed by atoms with Crippen molar-refractivity contribution in [3.05, 3.63) is 60.1 Å². The molecule has 9 nitrogen and oxygen atoms in total. The molecule has 2 aliphatic rings. The van der Waals surface area contributed by atoms with Crippen molar-refractivity contribution in [2.24, 2.45) is 0 Å². The number of carbonyl (C=O) groups excluding carboxylic acids is 4. The molecule has 0 spiro atoms. The number of rotatable bonds is 6. The highest BCUT2D eigenvalue weighted by molar-refractivity contribution is 6.08. The van der Waals surface area contributed by atoms with Crippen LogP contribution < -0.4 is 5.32 Å². The Morgan fingerprint density at radius 1 is 1.00 bits per heavy atom. The maximum atomic E-state index is 13.0. The van der Waals surface area contributed by atoms with Crippen molar-refractivity contribution in [3.8, 4) is 0 Å². The second-order valence-electron chi connectivity index (χ2n) is 8.29. The quantitative estimate of drug-likeness (QED) is 0.689. The van der Waals surface area contributed by atoms with E-state index in [4.69, 9.17) is 4.42 Å². The van der Waals surface area contributed by atoms with Gasteiger partial charge in [-0.05, 0) is 37.5 Å². The molecule has 4 rings (SSSR count). The van der Waals surface area contributed by atoms with E-state index in [2.05, 4.69) is 5.32 Å². The average Bonchev–Trinajstić information content (AvgIpc) is 3.42. The van der Waals surface area contributed by atoms with Gasteiger partial charge in [-0.3, -0.25) is 19.3 Å². The number of amides is 5. The topological polar surface area (TPSA) is 103 Å². The highest BCUT2D eigenvalue weighted by Crippen LogP contribution is 2.23. The number of furan rings is 1. The summed E-state index contributed by atoms with van der Waals surface area (Å²) in [4.78, 5) is 54.7. The van der Waals surface area contributed by atoms with Gasteiger partial charge in [-0.1, -0.05) is 30.3 Å². The molecular weight excluding hydrogens is 412 g/mol. The van der Waals surface area contributed by atoms with Crippen LogP contribution in [0.25, 0.3) is 0 Å². The maximum absolute atomic E-state index is 13.0. The van der Waals surface area contributed by atoms with E-state index in [0.29, 0.717) is 39.0 Å². The van der Waals surface area contributed by atoms with Gasteiger partial charge in [-0.15, -0.1) is 0 Å². The predicted octanol–water partition coefficient (Wildman–Crippen LogP) is 1.51. The van der Waals surface area contributed by atoms with Crippen LogP contribution in [0.4, 0.5) is 4.79 Å². The van der Waals surface area contributed by atoms with Crippen molar-refractivity contribution in [1.29, 1.82) is 0 Å². The Morgan fingerprint density at radius 2 is 1.69 bits per heavy atom. The number of aryl methyl sites for hydroxylation is 1. The van der Waals surface area contributed by atoms with Gasteiger partial charge >= 0.3 is 6.03 Å². The third kappa shape index (κ3) is 4.37. The first-order chi connectivity index (χ1) is 15.4. The van der Waals surface area contributed by atoms with Crippen LogP contribution in [0.1, 0.15) is 29.5 Å². The Morgan fingerprint density at radius 3 is 2.34 bits per heavy atom. The number of nitrogens with one attached hydrogen (secondary N) is 1. The van der Waals surface area contributed by atoms with Gasteiger partial charge in [0.15, 0.2) is 5.76 Å². The first kappa shape index (κ1) is 21.6. The van der Waals surface area contributed by atoms with Crippen LogP contribution >= 0.6 is 0 Å². The van der Waals surface area contributed by atoms with E-state index in [1.165, 1.54) is 6.26 Å². The number of nitrogens with zero attached hydrogens (tertiary/aromatic N) is 3. The Bertz CT molecular complexity index is 999. The normalized spacial score (nSPS) is 21.1. The first-order valence-corrected chi connectivity index (χ1v) is 10.7. The smallest absolute Gasteiger partial charge is 0.325 e. The van der Waals surface area contributed by atoms with Crippen molar-refractivity contribution in [3.63, 3.8) is 0 Å². The van der Waals surface area contributed by atoms with E-state index in [1.54, 1.807) is 28.9 Å². The first-order valence-electron chi connectivity index (χ1n) is 10.7. The van der Waals surface area contributed by atoms with Crippen LogP contribution in [-0.4, -0.2) is 76.7 Å². The fourth-order valence-electron chi connectivity index (χ4n) is 4.05. The lowest BCUT2D eigenvalue weighted by molar-refractivity contribution is -0.139. The minimum atomic E-state index is -1.04. The molecule has 32 heavy (non-hydrogen) atoms. The fraction of sp³-hybridized carbons (Fsp3) is 0.391. The largest absolute Gasteiger partial charge is 0.459 e. The van der Waals surface area contributed by atoms with Gasteiger partial charge in [-0.25, -0.2) is 4.79 Å². The van der Waals surface area contributed by atoms with Crippen molar-refractivity contribution in [2.45, 2.75) is 25.3 Å². The van der Waals surface area contributed by atoms with E-state index >= 15 is 0 Å². The van der Waals surface area contributed by atoms with Crippen molar-refractivity contribution in [1.82, 2.24) is 20.0 Å². The summed E-state index contributed by atoms with van der Waals surface area (Å²) in [6.45, 7) is 2.78. The minimum absolute atomic E-state index is 0.217. The predicted molar refractivity (Wildman–Crippen MR) is 115 cm³/mol. The maximum Gasteiger partial charge on any atom is 0.325 e. The summed E-state index contributed by atoms with van der Waals surface area (Å²) in [5.41, 5.74) is 0.0359. The van der Waals surface area contributed by atoms with Crippen LogP contribution in [-0.2, 0) is 16.0 Å². The molecule has 2 fully saturated rings. The summed E-state index contributed by atoms with van der Waals surface area (Å²) in [5, 5.41) is 2.75. The number of hydrogen-bond acceptors (Lipinski definition) is 5. The summed E-state index contributed by atoms with van der Waals surface area (Å²) < 4.78 is 5.14. The van der Waals surface area contributed by atoms with E-state index < -0.39 is 17.5 Å². The van der Waals surface area contributed by atoms with Gasteiger partial charge in [0, 0.05) is 26.2 Å². The number of benzene rings is 1. The minimum Gasteiger partial charge on any atom is -0.459 e. The molecule has 3 heterocycles. The summed E-state index contributed by atoms with van der Waals surface area (Å²) in [6.07, 6.45) is 2.52. The molecule has 0 saturated carbocycles. The van der Waals surface area contributed by atoms with Gasteiger partial charge in [0.05, 0.1) is 6.26 Å². The molecule has 1 unspecified atom stereocenters. The van der Waals surface area contributed by atoms with Crippen molar-refractivity contribution in [2.75, 3.05) is 32.7 Å². The summed E-state index contributed by atoms with van der Waals surface area (Å²) in [7, 11) is 0. The Kier molecular flexibility index (Phi) is 5.98. The van der Waals surface area contributed by atoms with Gasteiger partial charge in [-0.2, -0.15) is 0 Å². The molecule has 0 radical (unpaired) electrons.